The van der Waals surface area contributed by atoms with Crippen molar-refractivity contribution in [1.82, 2.24) is 0 Å². The molecule has 5 atom stereocenters. The lowest BCUT2D eigenvalue weighted by Crippen LogP contribution is -2.49. The Hall–Kier alpha value is -1.95. The molecule has 0 aromatic rings. The summed E-state index contributed by atoms with van der Waals surface area (Å²) in [5.41, 5.74) is 0.635. The van der Waals surface area contributed by atoms with Crippen LogP contribution in [0.3, 0.4) is 0 Å². The van der Waals surface area contributed by atoms with Crippen molar-refractivity contribution in [3.63, 3.8) is 0 Å². The van der Waals surface area contributed by atoms with Crippen molar-refractivity contribution >= 4 is 17.7 Å². The molecule has 0 unspecified atom stereocenters. The van der Waals surface area contributed by atoms with E-state index in [0.717, 1.165) is 11.1 Å². The van der Waals surface area contributed by atoms with Crippen LogP contribution in [-0.2, 0) is 23.9 Å². The third-order valence-corrected chi connectivity index (χ3v) is 5.14. The highest BCUT2D eigenvalue weighted by atomic mass is 16.6. The largest absolute Gasteiger partial charge is 0.458 e. The Labute approximate surface area is 134 Å². The molecule has 124 valence electrons. The number of ketones is 1. The number of ether oxygens (including phenoxy) is 2. The van der Waals surface area contributed by atoms with Gasteiger partial charge in [-0.05, 0) is 33.3 Å². The summed E-state index contributed by atoms with van der Waals surface area (Å²) in [6.07, 6.45) is 0.146. The summed E-state index contributed by atoms with van der Waals surface area (Å²) in [6.45, 7) is 6.31. The highest BCUT2D eigenvalue weighted by Gasteiger charge is 2.63. The smallest absolute Gasteiger partial charge is 0.351 e. The summed E-state index contributed by atoms with van der Waals surface area (Å²) in [5.74, 6) is -2.49. The van der Waals surface area contributed by atoms with Crippen LogP contribution in [0.2, 0.25) is 0 Å². The van der Waals surface area contributed by atoms with Gasteiger partial charge in [0.05, 0.1) is 12.0 Å². The standard InChI is InChI=1S/C17H20O6/c1-7-6-11(20)14-15(13-8(2)5-10(19)12(7)13)22-16(21)17(14,4)23-9(3)18/h5,11,13-15,20H,6H2,1-4H3/t11-,13+,14+,15-,17-/m1/s1. The predicted molar refractivity (Wildman–Crippen MR) is 79.1 cm³/mol. The van der Waals surface area contributed by atoms with Gasteiger partial charge in [0.2, 0.25) is 5.60 Å². The average molecular weight is 320 g/mol. The molecular weight excluding hydrogens is 300 g/mol. The number of hydrogen-bond acceptors (Lipinski definition) is 6. The maximum absolute atomic E-state index is 12.4. The van der Waals surface area contributed by atoms with Crippen LogP contribution in [0, 0.1) is 11.8 Å². The fraction of sp³-hybridized carbons (Fsp3) is 0.588. The Morgan fingerprint density at radius 2 is 2.04 bits per heavy atom. The maximum atomic E-state index is 12.4. The SMILES string of the molecule is CC(=O)O[C@@]1(C)C(=O)O[C@@H]2[C@H]3C(C)=CC(=O)C3=C(C)C[C@@H](O)[C@@H]21. The van der Waals surface area contributed by atoms with Gasteiger partial charge in [0, 0.05) is 18.4 Å². The van der Waals surface area contributed by atoms with Gasteiger partial charge in [0.1, 0.15) is 6.10 Å². The Kier molecular flexibility index (Phi) is 3.48. The van der Waals surface area contributed by atoms with E-state index in [2.05, 4.69) is 0 Å². The molecule has 3 rings (SSSR count). The first-order valence-corrected chi connectivity index (χ1v) is 7.67. The lowest BCUT2D eigenvalue weighted by Gasteiger charge is -2.32. The van der Waals surface area contributed by atoms with E-state index in [4.69, 9.17) is 9.47 Å². The molecule has 1 fully saturated rings. The van der Waals surface area contributed by atoms with Crippen molar-refractivity contribution in [3.05, 3.63) is 22.8 Å². The Balaban J connectivity index is 2.11. The van der Waals surface area contributed by atoms with Gasteiger partial charge in [-0.1, -0.05) is 11.1 Å². The van der Waals surface area contributed by atoms with E-state index < -0.39 is 35.7 Å². The number of rotatable bonds is 1. The number of allylic oxidation sites excluding steroid dienone is 1. The first kappa shape index (κ1) is 15.9. The molecule has 0 radical (unpaired) electrons. The maximum Gasteiger partial charge on any atom is 0.351 e. The summed E-state index contributed by atoms with van der Waals surface area (Å²) in [4.78, 5) is 36.1. The number of esters is 2. The van der Waals surface area contributed by atoms with Gasteiger partial charge < -0.3 is 14.6 Å². The third kappa shape index (κ3) is 2.16. The van der Waals surface area contributed by atoms with Gasteiger partial charge >= 0.3 is 11.9 Å². The molecule has 1 aliphatic heterocycles. The van der Waals surface area contributed by atoms with Gasteiger partial charge in [-0.25, -0.2) is 4.79 Å². The molecule has 2 aliphatic carbocycles. The summed E-state index contributed by atoms with van der Waals surface area (Å²) in [6, 6.07) is 0. The van der Waals surface area contributed by atoms with Gasteiger partial charge in [-0.3, -0.25) is 9.59 Å². The number of carbonyl (C=O) groups excluding carboxylic acids is 3. The van der Waals surface area contributed by atoms with E-state index in [-0.39, 0.29) is 18.1 Å². The summed E-state index contributed by atoms with van der Waals surface area (Å²) in [5, 5.41) is 10.6. The first-order chi connectivity index (χ1) is 10.7. The normalized spacial score (nSPS) is 39.4. The molecule has 6 heteroatoms. The topological polar surface area (TPSA) is 89.9 Å². The lowest BCUT2D eigenvalue weighted by molar-refractivity contribution is -0.174. The summed E-state index contributed by atoms with van der Waals surface area (Å²) < 4.78 is 10.8. The van der Waals surface area contributed by atoms with Crippen molar-refractivity contribution in [2.45, 2.75) is 51.9 Å². The van der Waals surface area contributed by atoms with E-state index in [0.29, 0.717) is 5.57 Å². The van der Waals surface area contributed by atoms with E-state index >= 15 is 0 Å². The van der Waals surface area contributed by atoms with Gasteiger partial charge in [0.15, 0.2) is 5.78 Å². The van der Waals surface area contributed by atoms with Crippen molar-refractivity contribution < 1.29 is 29.0 Å². The van der Waals surface area contributed by atoms with Gasteiger partial charge in [0.25, 0.3) is 0 Å². The van der Waals surface area contributed by atoms with Crippen LogP contribution in [0.1, 0.15) is 34.1 Å². The number of aliphatic hydroxyl groups excluding tert-OH is 1. The molecule has 0 bridgehead atoms. The van der Waals surface area contributed by atoms with Crippen LogP contribution < -0.4 is 0 Å². The van der Waals surface area contributed by atoms with Crippen molar-refractivity contribution in [1.29, 1.82) is 0 Å². The highest BCUT2D eigenvalue weighted by molar-refractivity contribution is 6.09. The second-order valence-corrected chi connectivity index (χ2v) is 6.79. The van der Waals surface area contributed by atoms with Crippen LogP contribution in [0.15, 0.2) is 22.8 Å². The van der Waals surface area contributed by atoms with Gasteiger partial charge in [-0.2, -0.15) is 0 Å². The lowest BCUT2D eigenvalue weighted by atomic mass is 9.77. The molecule has 0 saturated carbocycles. The van der Waals surface area contributed by atoms with Crippen LogP contribution in [0.5, 0.6) is 0 Å². The minimum atomic E-state index is -1.54. The molecule has 0 aromatic heterocycles. The van der Waals surface area contributed by atoms with Crippen LogP contribution in [0.25, 0.3) is 0 Å². The number of hydrogen-bond donors (Lipinski definition) is 1. The van der Waals surface area contributed by atoms with E-state index in [1.165, 1.54) is 13.8 Å². The van der Waals surface area contributed by atoms with Crippen molar-refractivity contribution in [2.24, 2.45) is 11.8 Å². The zero-order valence-corrected chi connectivity index (χ0v) is 13.6. The molecule has 1 saturated heterocycles. The molecule has 0 spiro atoms. The van der Waals surface area contributed by atoms with Crippen molar-refractivity contribution in [3.8, 4) is 0 Å². The van der Waals surface area contributed by atoms with Crippen LogP contribution in [0.4, 0.5) is 0 Å². The number of carbonyl (C=O) groups is 3. The molecule has 0 aromatic carbocycles. The van der Waals surface area contributed by atoms with E-state index in [1.54, 1.807) is 6.08 Å². The molecular formula is C17H20O6. The molecule has 1 heterocycles. The average Bonchev–Trinajstić information content (AvgIpc) is 2.78. The van der Waals surface area contributed by atoms with E-state index in [9.17, 15) is 19.5 Å². The predicted octanol–water partition coefficient (Wildman–Crippen LogP) is 1.08. The fourth-order valence-electron chi connectivity index (χ4n) is 4.24. The highest BCUT2D eigenvalue weighted by Crippen LogP contribution is 2.50. The zero-order valence-electron chi connectivity index (χ0n) is 13.6. The van der Waals surface area contributed by atoms with Crippen LogP contribution >= 0.6 is 0 Å². The molecule has 23 heavy (non-hydrogen) atoms. The molecule has 1 N–H and O–H groups in total. The Bertz CT molecular complexity index is 673. The summed E-state index contributed by atoms with van der Waals surface area (Å²) in [7, 11) is 0. The monoisotopic (exact) mass is 320 g/mol. The first-order valence-electron chi connectivity index (χ1n) is 7.67. The quantitative estimate of drug-likeness (QED) is 0.727. The molecule has 3 aliphatic rings. The minimum Gasteiger partial charge on any atom is -0.458 e. The number of fused-ring (bicyclic) bond motifs is 3. The van der Waals surface area contributed by atoms with E-state index in [1.807, 2.05) is 13.8 Å². The van der Waals surface area contributed by atoms with Crippen molar-refractivity contribution in [2.75, 3.05) is 0 Å². The third-order valence-electron chi connectivity index (χ3n) is 5.14. The molecule has 6 nitrogen and oxygen atoms in total. The number of aliphatic hydroxyl groups is 1. The Morgan fingerprint density at radius 3 is 2.65 bits per heavy atom. The van der Waals surface area contributed by atoms with Crippen LogP contribution in [-0.4, -0.2) is 40.6 Å². The van der Waals surface area contributed by atoms with Gasteiger partial charge in [-0.15, -0.1) is 0 Å². The Morgan fingerprint density at radius 1 is 1.39 bits per heavy atom. The molecule has 0 amide bonds. The summed E-state index contributed by atoms with van der Waals surface area (Å²) >= 11 is 0. The fourth-order valence-corrected chi connectivity index (χ4v) is 4.24. The zero-order chi connectivity index (χ0) is 17.1. The second kappa shape index (κ2) is 5.03. The minimum absolute atomic E-state index is 0.102. The second-order valence-electron chi connectivity index (χ2n) is 6.79.